The molecule has 0 fully saturated rings. The Bertz CT molecular complexity index is 1140. The van der Waals surface area contributed by atoms with Crippen LogP contribution in [0, 0.1) is 12.7 Å². The second-order valence-corrected chi connectivity index (χ2v) is 8.26. The van der Waals surface area contributed by atoms with Crippen LogP contribution in [0.15, 0.2) is 60.7 Å². The molecule has 0 amide bonds. The third-order valence-corrected chi connectivity index (χ3v) is 6.21. The van der Waals surface area contributed by atoms with Gasteiger partial charge in [-0.2, -0.15) is 0 Å². The van der Waals surface area contributed by atoms with E-state index < -0.39 is 0 Å². The summed E-state index contributed by atoms with van der Waals surface area (Å²) < 4.78 is 30.5. The first-order chi connectivity index (χ1) is 16.0. The van der Waals surface area contributed by atoms with Crippen molar-refractivity contribution in [1.82, 2.24) is 4.90 Å². The van der Waals surface area contributed by atoms with Gasteiger partial charge >= 0.3 is 0 Å². The van der Waals surface area contributed by atoms with Crippen LogP contribution < -0.4 is 19.5 Å². The molecule has 0 unspecified atom stereocenters. The summed E-state index contributed by atoms with van der Waals surface area (Å²) in [5.74, 6) is 1.65. The number of thiocarbonyl (C=S) groups is 1. The van der Waals surface area contributed by atoms with Crippen LogP contribution in [0.25, 0.3) is 0 Å². The third-order valence-electron chi connectivity index (χ3n) is 5.87. The molecule has 1 N–H and O–H groups in total. The van der Waals surface area contributed by atoms with E-state index in [0.717, 1.165) is 35.3 Å². The number of anilines is 1. The van der Waals surface area contributed by atoms with Gasteiger partial charge in [0.25, 0.3) is 0 Å². The number of nitrogens with zero attached hydrogens (tertiary/aromatic N) is 1. The van der Waals surface area contributed by atoms with Crippen LogP contribution in [0.3, 0.4) is 0 Å². The Labute approximate surface area is 199 Å². The summed E-state index contributed by atoms with van der Waals surface area (Å²) in [6.07, 6.45) is 0.804. The third kappa shape index (κ3) is 5.03. The Morgan fingerprint density at radius 1 is 1.06 bits per heavy atom. The summed E-state index contributed by atoms with van der Waals surface area (Å²) in [5, 5.41) is 4.02. The molecule has 1 aliphatic heterocycles. The largest absolute Gasteiger partial charge is 0.493 e. The van der Waals surface area contributed by atoms with E-state index in [1.807, 2.05) is 43.3 Å². The minimum absolute atomic E-state index is 0.164. The smallest absolute Gasteiger partial charge is 0.174 e. The van der Waals surface area contributed by atoms with Crippen molar-refractivity contribution in [3.8, 4) is 17.2 Å². The van der Waals surface area contributed by atoms with Crippen molar-refractivity contribution in [2.24, 2.45) is 0 Å². The van der Waals surface area contributed by atoms with Crippen molar-refractivity contribution in [2.75, 3.05) is 32.7 Å². The lowest BCUT2D eigenvalue weighted by Gasteiger charge is -2.39. The van der Waals surface area contributed by atoms with E-state index in [0.29, 0.717) is 29.0 Å². The highest BCUT2D eigenvalue weighted by Crippen LogP contribution is 2.38. The minimum atomic E-state index is -0.299. The first kappa shape index (κ1) is 22.9. The summed E-state index contributed by atoms with van der Waals surface area (Å²) >= 11 is 5.83. The van der Waals surface area contributed by atoms with Gasteiger partial charge in [0, 0.05) is 12.2 Å². The maximum Gasteiger partial charge on any atom is 0.174 e. The molecule has 1 atom stereocenters. The maximum atomic E-state index is 13.3. The topological polar surface area (TPSA) is 43.0 Å². The van der Waals surface area contributed by atoms with E-state index in [-0.39, 0.29) is 11.9 Å². The molecule has 172 valence electrons. The monoisotopic (exact) mass is 466 g/mol. The molecule has 7 heteroatoms. The Morgan fingerprint density at radius 3 is 2.45 bits per heavy atom. The molecule has 4 rings (SSSR count). The summed E-state index contributed by atoms with van der Waals surface area (Å²) in [6, 6.07) is 17.9. The number of fused-ring (bicyclic) bond motifs is 1. The van der Waals surface area contributed by atoms with Gasteiger partial charge in [-0.3, -0.25) is 0 Å². The Hall–Kier alpha value is -3.32. The van der Waals surface area contributed by atoms with E-state index in [1.54, 1.807) is 26.4 Å². The van der Waals surface area contributed by atoms with Crippen LogP contribution in [0.4, 0.5) is 10.1 Å². The van der Waals surface area contributed by atoms with Crippen molar-refractivity contribution in [3.63, 3.8) is 0 Å². The van der Waals surface area contributed by atoms with Crippen LogP contribution in [0.2, 0.25) is 0 Å². The predicted octanol–water partition coefficient (Wildman–Crippen LogP) is 5.53. The van der Waals surface area contributed by atoms with E-state index in [9.17, 15) is 4.39 Å². The number of aryl methyl sites for hydroxylation is 1. The number of hydrogen-bond acceptors (Lipinski definition) is 4. The van der Waals surface area contributed by atoms with Gasteiger partial charge in [0.2, 0.25) is 0 Å². The summed E-state index contributed by atoms with van der Waals surface area (Å²) in [5.41, 5.74) is 4.31. The van der Waals surface area contributed by atoms with Gasteiger partial charge in [-0.15, -0.1) is 0 Å². The number of para-hydroxylation sites is 1. The quantitative estimate of drug-likeness (QED) is 0.482. The maximum absolute atomic E-state index is 13.3. The molecule has 0 saturated carbocycles. The van der Waals surface area contributed by atoms with Gasteiger partial charge in [0.05, 0.1) is 20.3 Å². The van der Waals surface area contributed by atoms with Gasteiger partial charge in [-0.1, -0.05) is 18.2 Å². The van der Waals surface area contributed by atoms with Crippen LogP contribution in [-0.2, 0) is 6.42 Å². The molecule has 1 aliphatic rings. The van der Waals surface area contributed by atoms with Crippen molar-refractivity contribution < 1.29 is 18.6 Å². The van der Waals surface area contributed by atoms with Crippen LogP contribution in [-0.4, -0.2) is 37.4 Å². The zero-order valence-electron chi connectivity index (χ0n) is 18.9. The van der Waals surface area contributed by atoms with Crippen molar-refractivity contribution in [1.29, 1.82) is 0 Å². The fraction of sp³-hybridized carbons (Fsp3) is 0.269. The second kappa shape index (κ2) is 10.1. The van der Waals surface area contributed by atoms with Gasteiger partial charge in [-0.25, -0.2) is 4.39 Å². The molecule has 0 bridgehead atoms. The normalized spacial score (nSPS) is 14.9. The number of ether oxygens (including phenoxy) is 3. The van der Waals surface area contributed by atoms with Crippen molar-refractivity contribution in [3.05, 3.63) is 83.2 Å². The SMILES string of the molecule is COc1cc2c(cc1OC)[C@H](COc1ccc(F)cc1)N(C(=S)Nc1ccccc1C)CC2. The molecule has 3 aromatic carbocycles. The van der Waals surface area contributed by atoms with E-state index in [2.05, 4.69) is 10.2 Å². The lowest BCUT2D eigenvalue weighted by molar-refractivity contribution is 0.190. The van der Waals surface area contributed by atoms with E-state index >= 15 is 0 Å². The summed E-state index contributed by atoms with van der Waals surface area (Å²) in [4.78, 5) is 2.14. The summed E-state index contributed by atoms with van der Waals surface area (Å²) in [7, 11) is 3.26. The highest BCUT2D eigenvalue weighted by atomic mass is 32.1. The zero-order chi connectivity index (χ0) is 23.4. The van der Waals surface area contributed by atoms with Crippen LogP contribution in [0.5, 0.6) is 17.2 Å². The van der Waals surface area contributed by atoms with Gasteiger partial charge < -0.3 is 24.4 Å². The molecular formula is C26H27FN2O3S. The van der Waals surface area contributed by atoms with Gasteiger partial charge in [0.1, 0.15) is 18.2 Å². The molecule has 0 aromatic heterocycles. The Morgan fingerprint density at radius 2 is 1.76 bits per heavy atom. The fourth-order valence-electron chi connectivity index (χ4n) is 4.06. The highest BCUT2D eigenvalue weighted by Gasteiger charge is 2.31. The van der Waals surface area contributed by atoms with Crippen LogP contribution >= 0.6 is 12.2 Å². The number of halogens is 1. The molecule has 5 nitrogen and oxygen atoms in total. The highest BCUT2D eigenvalue weighted by molar-refractivity contribution is 7.80. The molecular weight excluding hydrogens is 439 g/mol. The number of rotatable bonds is 6. The number of nitrogens with one attached hydrogen (secondary N) is 1. The Balaban J connectivity index is 1.65. The number of benzene rings is 3. The molecule has 3 aromatic rings. The van der Waals surface area contributed by atoms with Crippen LogP contribution in [0.1, 0.15) is 22.7 Å². The van der Waals surface area contributed by atoms with E-state index in [4.69, 9.17) is 26.4 Å². The van der Waals surface area contributed by atoms with Crippen molar-refractivity contribution >= 4 is 23.0 Å². The van der Waals surface area contributed by atoms with Gasteiger partial charge in [0.15, 0.2) is 16.6 Å². The lowest BCUT2D eigenvalue weighted by Crippen LogP contribution is -2.44. The summed E-state index contributed by atoms with van der Waals surface area (Å²) in [6.45, 7) is 3.10. The Kier molecular flexibility index (Phi) is 6.99. The molecule has 0 aliphatic carbocycles. The predicted molar refractivity (Wildman–Crippen MR) is 132 cm³/mol. The van der Waals surface area contributed by atoms with E-state index in [1.165, 1.54) is 12.1 Å². The zero-order valence-corrected chi connectivity index (χ0v) is 19.7. The molecule has 0 radical (unpaired) electrons. The minimum Gasteiger partial charge on any atom is -0.493 e. The standard InChI is InChI=1S/C26H27FN2O3S/c1-17-6-4-5-7-22(17)28-26(33)29-13-12-18-14-24(30-2)25(31-3)15-21(18)23(29)16-32-20-10-8-19(27)9-11-20/h4-11,14-15,23H,12-13,16H2,1-3H3,(H,28,33)/t23-/m0/s1. The average Bonchev–Trinajstić information content (AvgIpc) is 2.83. The first-order valence-corrected chi connectivity index (χ1v) is 11.2. The molecule has 33 heavy (non-hydrogen) atoms. The molecule has 0 spiro atoms. The fourth-order valence-corrected chi connectivity index (χ4v) is 4.39. The lowest BCUT2D eigenvalue weighted by atomic mass is 9.92. The molecule has 1 heterocycles. The van der Waals surface area contributed by atoms with Crippen molar-refractivity contribution in [2.45, 2.75) is 19.4 Å². The number of hydrogen-bond donors (Lipinski definition) is 1. The number of methoxy groups -OCH3 is 2. The molecule has 0 saturated heterocycles. The second-order valence-electron chi connectivity index (χ2n) is 7.88. The first-order valence-electron chi connectivity index (χ1n) is 10.8. The average molecular weight is 467 g/mol. The van der Waals surface area contributed by atoms with Gasteiger partial charge in [-0.05, 0) is 84.7 Å².